The molecule has 0 aromatic heterocycles. The number of carbonyl (C=O) groups is 2. The van der Waals surface area contributed by atoms with Crippen LogP contribution in [-0.4, -0.2) is 44.8 Å². The van der Waals surface area contributed by atoms with Crippen LogP contribution < -0.4 is 19.5 Å². The van der Waals surface area contributed by atoms with Gasteiger partial charge in [-0.1, -0.05) is 19.3 Å². The van der Waals surface area contributed by atoms with E-state index >= 15 is 0 Å². The minimum absolute atomic E-state index is 0.154. The summed E-state index contributed by atoms with van der Waals surface area (Å²) in [4.78, 5) is 25.0. The Bertz CT molecular complexity index is 739. The molecule has 1 saturated carbocycles. The van der Waals surface area contributed by atoms with Crippen molar-refractivity contribution >= 4 is 11.9 Å². The second-order valence-corrected chi connectivity index (χ2v) is 6.71. The van der Waals surface area contributed by atoms with Crippen LogP contribution >= 0.6 is 0 Å². The molecule has 1 fully saturated rings. The number of nitriles is 1. The van der Waals surface area contributed by atoms with Gasteiger partial charge in [-0.3, -0.25) is 4.79 Å². The second-order valence-electron chi connectivity index (χ2n) is 6.71. The zero-order chi connectivity index (χ0) is 20.7. The van der Waals surface area contributed by atoms with Crippen molar-refractivity contribution in [3.63, 3.8) is 0 Å². The van der Waals surface area contributed by atoms with E-state index < -0.39 is 23.5 Å². The van der Waals surface area contributed by atoms with Gasteiger partial charge in [0.25, 0.3) is 5.91 Å². The van der Waals surface area contributed by atoms with Gasteiger partial charge in [-0.05, 0) is 31.9 Å². The van der Waals surface area contributed by atoms with E-state index in [1.54, 1.807) is 0 Å². The summed E-state index contributed by atoms with van der Waals surface area (Å²) >= 11 is 0. The third kappa shape index (κ3) is 4.66. The van der Waals surface area contributed by atoms with E-state index in [4.69, 9.17) is 18.9 Å². The maximum Gasteiger partial charge on any atom is 0.339 e. The number of hydrogen-bond donors (Lipinski definition) is 1. The van der Waals surface area contributed by atoms with Gasteiger partial charge >= 0.3 is 5.97 Å². The first-order valence-electron chi connectivity index (χ1n) is 9.14. The Morgan fingerprint density at radius 2 is 1.64 bits per heavy atom. The first-order valence-corrected chi connectivity index (χ1v) is 9.14. The Hall–Kier alpha value is -2.95. The lowest BCUT2D eigenvalue weighted by molar-refractivity contribution is -0.130. The minimum Gasteiger partial charge on any atom is -0.493 e. The molecular weight excluding hydrogens is 364 g/mol. The topological polar surface area (TPSA) is 107 Å². The maximum absolute atomic E-state index is 12.5. The molecule has 0 spiro atoms. The third-order valence-electron chi connectivity index (χ3n) is 4.84. The number of nitrogens with zero attached hydrogens (tertiary/aromatic N) is 1. The lowest BCUT2D eigenvalue weighted by atomic mass is 9.83. The van der Waals surface area contributed by atoms with Gasteiger partial charge in [0.15, 0.2) is 17.6 Å². The highest BCUT2D eigenvalue weighted by molar-refractivity contribution is 5.93. The quantitative estimate of drug-likeness (QED) is 0.713. The van der Waals surface area contributed by atoms with Gasteiger partial charge in [-0.2, -0.15) is 5.26 Å². The summed E-state index contributed by atoms with van der Waals surface area (Å²) in [5.41, 5.74) is -0.732. The van der Waals surface area contributed by atoms with E-state index in [0.717, 1.165) is 19.3 Å². The number of nitrogens with one attached hydrogen (secondary N) is 1. The van der Waals surface area contributed by atoms with Crippen molar-refractivity contribution in [3.8, 4) is 23.3 Å². The van der Waals surface area contributed by atoms with Crippen molar-refractivity contribution in [2.45, 2.75) is 50.7 Å². The summed E-state index contributed by atoms with van der Waals surface area (Å²) in [6, 6.07) is 5.11. The summed E-state index contributed by atoms with van der Waals surface area (Å²) in [6.45, 7) is 1.47. The van der Waals surface area contributed by atoms with Gasteiger partial charge in [0.05, 0.1) is 33.0 Å². The van der Waals surface area contributed by atoms with Crippen LogP contribution in [0.2, 0.25) is 0 Å². The van der Waals surface area contributed by atoms with Crippen molar-refractivity contribution in [2.75, 3.05) is 21.3 Å². The molecule has 0 radical (unpaired) electrons. The normalized spacial score (nSPS) is 16.2. The second kappa shape index (κ2) is 9.31. The van der Waals surface area contributed by atoms with Crippen LogP contribution in [0.4, 0.5) is 0 Å². The average Bonchev–Trinajstić information content (AvgIpc) is 2.72. The van der Waals surface area contributed by atoms with Gasteiger partial charge < -0.3 is 24.3 Å². The third-order valence-corrected chi connectivity index (χ3v) is 4.84. The van der Waals surface area contributed by atoms with Crippen LogP contribution in [0.15, 0.2) is 12.1 Å². The Morgan fingerprint density at radius 3 is 2.11 bits per heavy atom. The fraction of sp³-hybridized carbons (Fsp3) is 0.550. The SMILES string of the molecule is COc1cc(C(=O)O[C@H](C)C(=O)NC2(C#N)CCCCC2)cc(OC)c1OC. The highest BCUT2D eigenvalue weighted by atomic mass is 16.5. The number of carbonyl (C=O) groups excluding carboxylic acids is 2. The van der Waals surface area contributed by atoms with Crippen LogP contribution in [0.1, 0.15) is 49.4 Å². The number of hydrogen-bond acceptors (Lipinski definition) is 7. The van der Waals surface area contributed by atoms with Gasteiger partial charge in [-0.15, -0.1) is 0 Å². The molecule has 1 aromatic carbocycles. The van der Waals surface area contributed by atoms with Gasteiger partial charge in [0.1, 0.15) is 5.54 Å². The fourth-order valence-corrected chi connectivity index (χ4v) is 3.24. The van der Waals surface area contributed by atoms with Crippen LogP contribution in [-0.2, 0) is 9.53 Å². The number of methoxy groups -OCH3 is 3. The van der Waals surface area contributed by atoms with Crippen molar-refractivity contribution < 1.29 is 28.5 Å². The number of ether oxygens (including phenoxy) is 4. The van der Waals surface area contributed by atoms with Gasteiger partial charge in [-0.25, -0.2) is 4.79 Å². The predicted molar refractivity (Wildman–Crippen MR) is 101 cm³/mol. The molecule has 1 atom stereocenters. The van der Waals surface area contributed by atoms with E-state index in [0.29, 0.717) is 30.1 Å². The number of benzene rings is 1. The molecule has 1 aromatic rings. The van der Waals surface area contributed by atoms with Crippen molar-refractivity contribution in [3.05, 3.63) is 17.7 Å². The monoisotopic (exact) mass is 390 g/mol. The lowest BCUT2D eigenvalue weighted by Gasteiger charge is -2.32. The minimum atomic E-state index is -1.06. The molecule has 1 aliphatic carbocycles. The highest BCUT2D eigenvalue weighted by Gasteiger charge is 2.35. The van der Waals surface area contributed by atoms with Crippen LogP contribution in [0.3, 0.4) is 0 Å². The van der Waals surface area contributed by atoms with Crippen molar-refractivity contribution in [1.82, 2.24) is 5.32 Å². The summed E-state index contributed by atoms with van der Waals surface area (Å²) in [6.07, 6.45) is 2.95. The van der Waals surface area contributed by atoms with E-state index in [9.17, 15) is 14.9 Å². The first kappa shape index (κ1) is 21.4. The average molecular weight is 390 g/mol. The van der Waals surface area contributed by atoms with Crippen LogP contribution in [0.5, 0.6) is 17.2 Å². The number of esters is 1. The highest BCUT2D eigenvalue weighted by Crippen LogP contribution is 2.38. The summed E-state index contributed by atoms with van der Waals surface area (Å²) in [5, 5.41) is 12.2. The Balaban J connectivity index is 2.11. The van der Waals surface area contributed by atoms with Gasteiger partial charge in [0, 0.05) is 0 Å². The first-order chi connectivity index (χ1) is 13.4. The molecule has 1 N–H and O–H groups in total. The molecule has 0 bridgehead atoms. The Labute approximate surface area is 164 Å². The van der Waals surface area contributed by atoms with Crippen molar-refractivity contribution in [1.29, 1.82) is 5.26 Å². The van der Waals surface area contributed by atoms with E-state index in [1.165, 1.54) is 40.4 Å². The van der Waals surface area contributed by atoms with Crippen molar-refractivity contribution in [2.24, 2.45) is 0 Å². The van der Waals surface area contributed by atoms with Gasteiger partial charge in [0.2, 0.25) is 5.75 Å². The smallest absolute Gasteiger partial charge is 0.339 e. The van der Waals surface area contributed by atoms with Crippen LogP contribution in [0.25, 0.3) is 0 Å². The largest absolute Gasteiger partial charge is 0.493 e. The molecule has 152 valence electrons. The molecule has 1 aliphatic rings. The predicted octanol–water partition coefficient (Wildman–Crippen LogP) is 2.60. The summed E-state index contributed by atoms with van der Waals surface area (Å²) in [5.74, 6) is -0.255. The molecule has 0 saturated heterocycles. The van der Waals surface area contributed by atoms with E-state index in [1.807, 2.05) is 0 Å². The molecule has 0 unspecified atom stereocenters. The molecular formula is C20H26N2O6. The molecule has 28 heavy (non-hydrogen) atoms. The van der Waals surface area contributed by atoms with Crippen LogP contribution in [0, 0.1) is 11.3 Å². The van der Waals surface area contributed by atoms with E-state index in [-0.39, 0.29) is 5.56 Å². The summed E-state index contributed by atoms with van der Waals surface area (Å²) in [7, 11) is 4.34. The molecule has 8 nitrogen and oxygen atoms in total. The Morgan fingerprint density at radius 1 is 1.07 bits per heavy atom. The summed E-state index contributed by atoms with van der Waals surface area (Å²) < 4.78 is 21.0. The molecule has 0 aliphatic heterocycles. The molecule has 1 amide bonds. The fourth-order valence-electron chi connectivity index (χ4n) is 3.24. The standard InChI is InChI=1S/C20H26N2O6/c1-13(18(23)22-20(12-21)8-6-5-7-9-20)28-19(24)14-10-15(25-2)17(27-4)16(11-14)26-3/h10-11,13H,5-9H2,1-4H3,(H,22,23)/t13-/m1/s1. The maximum atomic E-state index is 12.5. The lowest BCUT2D eigenvalue weighted by Crippen LogP contribution is -2.52. The van der Waals surface area contributed by atoms with E-state index in [2.05, 4.69) is 11.4 Å². The number of amides is 1. The Kier molecular flexibility index (Phi) is 7.10. The molecule has 2 rings (SSSR count). The zero-order valence-electron chi connectivity index (χ0n) is 16.7. The number of rotatable bonds is 7. The molecule has 0 heterocycles. The molecule has 8 heteroatoms. The zero-order valence-corrected chi connectivity index (χ0v) is 16.7.